The molecule has 0 saturated heterocycles. The molecule has 0 aliphatic heterocycles. The minimum absolute atomic E-state index is 0.147. The van der Waals surface area contributed by atoms with Crippen molar-refractivity contribution in [3.05, 3.63) is 11.5 Å². The summed E-state index contributed by atoms with van der Waals surface area (Å²) in [5.74, 6) is 0.730. The van der Waals surface area contributed by atoms with Crippen LogP contribution < -0.4 is 10.6 Å². The van der Waals surface area contributed by atoms with Crippen LogP contribution in [0.2, 0.25) is 5.15 Å². The predicted molar refractivity (Wildman–Crippen MR) is 68.5 cm³/mol. The Bertz CT molecular complexity index is 380. The smallest absolute Gasteiger partial charge is 0.157 e. The van der Waals surface area contributed by atoms with Crippen LogP contribution in [0.1, 0.15) is 25.7 Å². The summed E-state index contributed by atoms with van der Waals surface area (Å²) in [5, 5.41) is 16.2. The van der Waals surface area contributed by atoms with Gasteiger partial charge in [-0.3, -0.25) is 0 Å². The van der Waals surface area contributed by atoms with Crippen LogP contribution in [-0.2, 0) is 0 Å². The zero-order valence-corrected chi connectivity index (χ0v) is 10.5. The fourth-order valence-electron chi connectivity index (χ4n) is 2.11. The van der Waals surface area contributed by atoms with Gasteiger partial charge in [-0.05, 0) is 25.7 Å². The molecule has 1 saturated carbocycles. The second-order valence-electron chi connectivity index (χ2n) is 4.29. The van der Waals surface area contributed by atoms with Gasteiger partial charge in [-0.1, -0.05) is 11.6 Å². The Morgan fingerprint density at radius 3 is 2.65 bits per heavy atom. The molecule has 0 bridgehead atoms. The van der Waals surface area contributed by atoms with Crippen LogP contribution in [0, 0.1) is 0 Å². The first-order chi connectivity index (χ1) is 8.20. The highest BCUT2D eigenvalue weighted by molar-refractivity contribution is 6.32. The van der Waals surface area contributed by atoms with E-state index in [1.165, 1.54) is 6.33 Å². The van der Waals surface area contributed by atoms with E-state index in [4.69, 9.17) is 11.6 Å². The summed E-state index contributed by atoms with van der Waals surface area (Å²) in [5.41, 5.74) is 0.722. The number of rotatable bonds is 3. The van der Waals surface area contributed by atoms with E-state index >= 15 is 0 Å². The molecule has 1 heterocycles. The second-order valence-corrected chi connectivity index (χ2v) is 4.65. The van der Waals surface area contributed by atoms with E-state index in [9.17, 15) is 5.11 Å². The molecule has 1 aliphatic carbocycles. The number of anilines is 2. The van der Waals surface area contributed by atoms with Crippen molar-refractivity contribution in [1.82, 2.24) is 9.97 Å². The summed E-state index contributed by atoms with van der Waals surface area (Å²) in [4.78, 5) is 8.12. The molecule has 0 aromatic carbocycles. The summed E-state index contributed by atoms with van der Waals surface area (Å²) in [6, 6.07) is 0.344. The summed E-state index contributed by atoms with van der Waals surface area (Å²) in [7, 11) is 1.79. The first-order valence-corrected chi connectivity index (χ1v) is 6.21. The SMILES string of the molecule is CNc1c(Cl)ncnc1NC1CCC(O)CC1. The lowest BCUT2D eigenvalue weighted by atomic mass is 9.93. The maximum absolute atomic E-state index is 9.45. The van der Waals surface area contributed by atoms with Crippen molar-refractivity contribution in [1.29, 1.82) is 0 Å². The number of aromatic nitrogens is 2. The molecule has 0 atom stereocenters. The third-order valence-electron chi connectivity index (χ3n) is 3.09. The molecule has 0 amide bonds. The van der Waals surface area contributed by atoms with Crippen molar-refractivity contribution in [2.75, 3.05) is 17.7 Å². The van der Waals surface area contributed by atoms with E-state index in [1.54, 1.807) is 7.05 Å². The highest BCUT2D eigenvalue weighted by Crippen LogP contribution is 2.28. The zero-order valence-electron chi connectivity index (χ0n) is 9.78. The maximum Gasteiger partial charge on any atom is 0.157 e. The van der Waals surface area contributed by atoms with Gasteiger partial charge in [0.1, 0.15) is 12.0 Å². The number of aliphatic hydroxyl groups excluding tert-OH is 1. The summed E-state index contributed by atoms with van der Waals surface area (Å²) >= 11 is 5.98. The van der Waals surface area contributed by atoms with Gasteiger partial charge in [0.25, 0.3) is 0 Å². The fourth-order valence-corrected chi connectivity index (χ4v) is 2.34. The van der Waals surface area contributed by atoms with Gasteiger partial charge in [-0.2, -0.15) is 0 Å². The minimum Gasteiger partial charge on any atom is -0.393 e. The van der Waals surface area contributed by atoms with Crippen LogP contribution >= 0.6 is 11.6 Å². The molecule has 1 aromatic rings. The largest absolute Gasteiger partial charge is 0.393 e. The molecule has 1 aromatic heterocycles. The Morgan fingerprint density at radius 2 is 2.00 bits per heavy atom. The molecule has 1 fully saturated rings. The maximum atomic E-state index is 9.45. The molecule has 6 heteroatoms. The van der Waals surface area contributed by atoms with Gasteiger partial charge in [0, 0.05) is 13.1 Å². The Hall–Kier alpha value is -1.07. The highest BCUT2D eigenvalue weighted by Gasteiger charge is 2.20. The second kappa shape index (κ2) is 5.51. The van der Waals surface area contributed by atoms with Gasteiger partial charge in [0.2, 0.25) is 0 Å². The number of nitrogens with one attached hydrogen (secondary N) is 2. The van der Waals surface area contributed by atoms with Gasteiger partial charge < -0.3 is 15.7 Å². The van der Waals surface area contributed by atoms with Gasteiger partial charge in [-0.25, -0.2) is 9.97 Å². The van der Waals surface area contributed by atoms with Crippen molar-refractivity contribution in [3.63, 3.8) is 0 Å². The lowest BCUT2D eigenvalue weighted by molar-refractivity contribution is 0.126. The molecular weight excluding hydrogens is 240 g/mol. The Morgan fingerprint density at radius 1 is 1.29 bits per heavy atom. The van der Waals surface area contributed by atoms with Crippen molar-refractivity contribution < 1.29 is 5.11 Å². The number of hydrogen-bond acceptors (Lipinski definition) is 5. The highest BCUT2D eigenvalue weighted by atomic mass is 35.5. The molecule has 1 aliphatic rings. The molecule has 17 heavy (non-hydrogen) atoms. The van der Waals surface area contributed by atoms with E-state index in [0.717, 1.165) is 37.2 Å². The number of nitrogens with zero attached hydrogens (tertiary/aromatic N) is 2. The van der Waals surface area contributed by atoms with E-state index in [-0.39, 0.29) is 6.10 Å². The van der Waals surface area contributed by atoms with Crippen molar-refractivity contribution >= 4 is 23.1 Å². The third-order valence-corrected chi connectivity index (χ3v) is 3.38. The lowest BCUT2D eigenvalue weighted by Gasteiger charge is -2.27. The summed E-state index contributed by atoms with van der Waals surface area (Å²) in [6.07, 6.45) is 4.88. The van der Waals surface area contributed by atoms with E-state index < -0.39 is 0 Å². The molecule has 0 radical (unpaired) electrons. The summed E-state index contributed by atoms with van der Waals surface area (Å²) < 4.78 is 0. The van der Waals surface area contributed by atoms with Gasteiger partial charge >= 0.3 is 0 Å². The van der Waals surface area contributed by atoms with Crippen molar-refractivity contribution in [3.8, 4) is 0 Å². The van der Waals surface area contributed by atoms with E-state index in [0.29, 0.717) is 11.2 Å². The van der Waals surface area contributed by atoms with E-state index in [1.807, 2.05) is 0 Å². The Kier molecular flexibility index (Phi) is 4.02. The van der Waals surface area contributed by atoms with Crippen molar-refractivity contribution in [2.24, 2.45) is 0 Å². The normalized spacial score (nSPS) is 24.4. The molecule has 0 unspecified atom stereocenters. The number of aliphatic hydroxyl groups is 1. The standard InChI is InChI=1S/C11H17ClN4O/c1-13-9-10(12)14-6-15-11(9)16-7-2-4-8(17)5-3-7/h6-8,13,17H,2-5H2,1H3,(H,14,15,16). The lowest BCUT2D eigenvalue weighted by Crippen LogP contribution is -2.28. The average Bonchev–Trinajstić information content (AvgIpc) is 2.32. The molecule has 0 spiro atoms. The number of hydrogen-bond donors (Lipinski definition) is 3. The van der Waals surface area contributed by atoms with Crippen LogP contribution in [0.15, 0.2) is 6.33 Å². The van der Waals surface area contributed by atoms with Crippen molar-refractivity contribution in [2.45, 2.75) is 37.8 Å². The molecular formula is C11H17ClN4O. The minimum atomic E-state index is -0.147. The Labute approximate surface area is 106 Å². The number of halogens is 1. The van der Waals surface area contributed by atoms with Crippen LogP contribution in [0.4, 0.5) is 11.5 Å². The van der Waals surface area contributed by atoms with Crippen LogP contribution in [-0.4, -0.2) is 34.3 Å². The fraction of sp³-hybridized carbons (Fsp3) is 0.636. The topological polar surface area (TPSA) is 70.1 Å². The Balaban J connectivity index is 2.05. The quantitative estimate of drug-likeness (QED) is 0.721. The van der Waals surface area contributed by atoms with Gasteiger partial charge in [-0.15, -0.1) is 0 Å². The predicted octanol–water partition coefficient (Wildman–Crippen LogP) is 1.89. The monoisotopic (exact) mass is 256 g/mol. The van der Waals surface area contributed by atoms with Gasteiger partial charge in [0.15, 0.2) is 11.0 Å². The third kappa shape index (κ3) is 2.98. The first kappa shape index (κ1) is 12.4. The molecule has 2 rings (SSSR count). The molecule has 94 valence electrons. The first-order valence-electron chi connectivity index (χ1n) is 5.83. The summed E-state index contributed by atoms with van der Waals surface area (Å²) in [6.45, 7) is 0. The van der Waals surface area contributed by atoms with E-state index in [2.05, 4.69) is 20.6 Å². The molecule has 3 N–H and O–H groups in total. The van der Waals surface area contributed by atoms with Crippen LogP contribution in [0.25, 0.3) is 0 Å². The van der Waals surface area contributed by atoms with Gasteiger partial charge in [0.05, 0.1) is 6.10 Å². The average molecular weight is 257 g/mol. The molecule has 5 nitrogen and oxygen atoms in total. The van der Waals surface area contributed by atoms with Crippen LogP contribution in [0.3, 0.4) is 0 Å². The zero-order chi connectivity index (χ0) is 12.3. The van der Waals surface area contributed by atoms with Crippen LogP contribution in [0.5, 0.6) is 0 Å².